The smallest absolute Gasteiger partial charge is 0.238 e. The van der Waals surface area contributed by atoms with E-state index in [-0.39, 0.29) is 11.8 Å². The summed E-state index contributed by atoms with van der Waals surface area (Å²) in [4.78, 5) is 33.4. The number of hydrogen-bond acceptors (Lipinski definition) is 5. The molecular formula is C24H25ClN4O2S. The van der Waals surface area contributed by atoms with Crippen LogP contribution < -0.4 is 10.2 Å². The van der Waals surface area contributed by atoms with E-state index < -0.39 is 0 Å². The van der Waals surface area contributed by atoms with Crippen LogP contribution in [-0.4, -0.2) is 47.9 Å². The number of anilines is 2. The highest BCUT2D eigenvalue weighted by molar-refractivity contribution is 7.18. The van der Waals surface area contributed by atoms with Gasteiger partial charge in [-0.2, -0.15) is 0 Å². The molecule has 0 aliphatic carbocycles. The molecular weight excluding hydrogens is 444 g/mol. The number of likely N-dealkylation sites (tertiary alicyclic amines) is 1. The van der Waals surface area contributed by atoms with Crippen LogP contribution in [0.5, 0.6) is 0 Å². The van der Waals surface area contributed by atoms with Crippen molar-refractivity contribution in [3.05, 3.63) is 52.5 Å². The third-order valence-electron chi connectivity index (χ3n) is 6.19. The molecule has 1 aromatic heterocycles. The Morgan fingerprint density at radius 2 is 2.00 bits per heavy atom. The molecule has 2 aliphatic rings. The van der Waals surface area contributed by atoms with Crippen molar-refractivity contribution in [1.82, 2.24) is 9.88 Å². The van der Waals surface area contributed by atoms with Crippen molar-refractivity contribution in [2.45, 2.75) is 31.6 Å². The molecule has 1 N–H and O–H groups in total. The van der Waals surface area contributed by atoms with E-state index in [9.17, 15) is 9.59 Å². The Bertz CT molecular complexity index is 1160. The van der Waals surface area contributed by atoms with Gasteiger partial charge in [0.25, 0.3) is 0 Å². The number of nitrogens with zero attached hydrogens (tertiary/aromatic N) is 3. The number of aromatic nitrogens is 1. The molecule has 0 saturated carbocycles. The van der Waals surface area contributed by atoms with E-state index >= 15 is 0 Å². The van der Waals surface area contributed by atoms with Gasteiger partial charge in [0, 0.05) is 35.3 Å². The average molecular weight is 469 g/mol. The Morgan fingerprint density at radius 3 is 2.78 bits per heavy atom. The van der Waals surface area contributed by atoms with Gasteiger partial charge in [0.2, 0.25) is 11.8 Å². The Hall–Kier alpha value is -2.48. The maximum atomic E-state index is 12.6. The summed E-state index contributed by atoms with van der Waals surface area (Å²) >= 11 is 7.84. The predicted octanol–water partition coefficient (Wildman–Crippen LogP) is 4.89. The number of fused-ring (bicyclic) bond motifs is 1. The van der Waals surface area contributed by atoms with Crippen molar-refractivity contribution in [2.75, 3.05) is 36.4 Å². The third kappa shape index (κ3) is 4.65. The maximum Gasteiger partial charge on any atom is 0.238 e. The summed E-state index contributed by atoms with van der Waals surface area (Å²) in [6, 6.07) is 13.4. The molecule has 3 aromatic rings. The van der Waals surface area contributed by atoms with Gasteiger partial charge in [-0.25, -0.2) is 4.98 Å². The predicted molar refractivity (Wildman–Crippen MR) is 130 cm³/mol. The van der Waals surface area contributed by atoms with Crippen LogP contribution >= 0.6 is 22.9 Å². The molecule has 2 amide bonds. The molecule has 0 unspecified atom stereocenters. The minimum Gasteiger partial charge on any atom is -0.325 e. The standard InChI is InChI=1S/C24H25ClN4O2S/c25-17-6-7-21-20(13-17)27-24(32-21)16-8-11-28(12-9-16)15-22(30)26-18-3-1-4-19(14-18)29-10-2-5-23(29)31/h1,3-4,6-7,13-14,16H,2,5,8-12,15H2,(H,26,30). The van der Waals surface area contributed by atoms with Gasteiger partial charge in [-0.15, -0.1) is 11.3 Å². The lowest BCUT2D eigenvalue weighted by Crippen LogP contribution is -2.38. The Balaban J connectivity index is 1.15. The fourth-order valence-corrected chi connectivity index (χ4v) is 5.79. The summed E-state index contributed by atoms with van der Waals surface area (Å²) in [5.74, 6) is 0.552. The van der Waals surface area contributed by atoms with E-state index in [1.165, 1.54) is 9.71 Å². The second kappa shape index (κ2) is 9.17. The lowest BCUT2D eigenvalue weighted by Gasteiger charge is -2.30. The maximum absolute atomic E-state index is 12.6. The minimum atomic E-state index is -0.0250. The van der Waals surface area contributed by atoms with E-state index in [1.54, 1.807) is 16.2 Å². The van der Waals surface area contributed by atoms with Crippen LogP contribution in [0.3, 0.4) is 0 Å². The molecule has 2 aromatic carbocycles. The van der Waals surface area contributed by atoms with Crippen molar-refractivity contribution >= 4 is 56.3 Å². The van der Waals surface area contributed by atoms with Crippen LogP contribution in [0.15, 0.2) is 42.5 Å². The third-order valence-corrected chi connectivity index (χ3v) is 7.62. The van der Waals surface area contributed by atoms with Crippen LogP contribution in [0, 0.1) is 0 Å². The van der Waals surface area contributed by atoms with Crippen molar-refractivity contribution in [2.24, 2.45) is 0 Å². The molecule has 0 atom stereocenters. The molecule has 0 bridgehead atoms. The summed E-state index contributed by atoms with van der Waals surface area (Å²) in [7, 11) is 0. The van der Waals surface area contributed by atoms with Gasteiger partial charge in [0.15, 0.2) is 0 Å². The first-order chi connectivity index (χ1) is 15.5. The highest BCUT2D eigenvalue weighted by atomic mass is 35.5. The van der Waals surface area contributed by atoms with E-state index in [0.717, 1.165) is 55.8 Å². The number of hydrogen-bond donors (Lipinski definition) is 1. The molecule has 2 fully saturated rings. The minimum absolute atomic E-state index is 0.0250. The number of rotatable bonds is 5. The van der Waals surface area contributed by atoms with E-state index in [2.05, 4.69) is 10.2 Å². The number of carbonyl (C=O) groups excluding carboxylic acids is 2. The summed E-state index contributed by atoms with van der Waals surface area (Å²) in [5, 5.41) is 4.87. The fraction of sp³-hybridized carbons (Fsp3) is 0.375. The first-order valence-corrected chi connectivity index (χ1v) is 12.2. The molecule has 32 heavy (non-hydrogen) atoms. The SMILES string of the molecule is O=C(CN1CCC(c2nc3cc(Cl)ccc3s2)CC1)Nc1cccc(N2CCCC2=O)c1. The van der Waals surface area contributed by atoms with Crippen LogP contribution in [-0.2, 0) is 9.59 Å². The number of piperidine rings is 1. The Kier molecular flexibility index (Phi) is 6.13. The Labute approximate surface area is 196 Å². The van der Waals surface area contributed by atoms with Crippen molar-refractivity contribution < 1.29 is 9.59 Å². The number of amides is 2. The zero-order valence-corrected chi connectivity index (χ0v) is 19.3. The number of benzene rings is 2. The normalized spacial score (nSPS) is 17.9. The van der Waals surface area contributed by atoms with Crippen LogP contribution in [0.4, 0.5) is 11.4 Å². The molecule has 0 spiro atoms. The van der Waals surface area contributed by atoms with Crippen LogP contribution in [0.1, 0.15) is 36.6 Å². The first-order valence-electron chi connectivity index (χ1n) is 11.0. The number of halogens is 1. The van der Waals surface area contributed by atoms with E-state index in [0.29, 0.717) is 23.9 Å². The lowest BCUT2D eigenvalue weighted by molar-refractivity contribution is -0.118. The molecule has 6 nitrogen and oxygen atoms in total. The van der Waals surface area contributed by atoms with Crippen molar-refractivity contribution in [3.8, 4) is 0 Å². The zero-order valence-electron chi connectivity index (χ0n) is 17.7. The number of nitrogens with one attached hydrogen (secondary N) is 1. The topological polar surface area (TPSA) is 65.5 Å². The highest BCUT2D eigenvalue weighted by Crippen LogP contribution is 2.34. The van der Waals surface area contributed by atoms with Gasteiger partial charge < -0.3 is 10.2 Å². The van der Waals surface area contributed by atoms with Crippen molar-refractivity contribution in [1.29, 1.82) is 0 Å². The molecule has 5 rings (SSSR count). The van der Waals surface area contributed by atoms with Crippen molar-refractivity contribution in [3.63, 3.8) is 0 Å². The zero-order chi connectivity index (χ0) is 22.1. The molecule has 2 saturated heterocycles. The molecule has 0 radical (unpaired) electrons. The molecule has 8 heteroatoms. The molecule has 2 aliphatic heterocycles. The summed E-state index contributed by atoms with van der Waals surface area (Å²) < 4.78 is 1.17. The van der Waals surface area contributed by atoms with Crippen LogP contribution in [0.2, 0.25) is 5.02 Å². The summed E-state index contributed by atoms with van der Waals surface area (Å²) in [6.45, 7) is 2.86. The quantitative estimate of drug-likeness (QED) is 0.578. The van der Waals surface area contributed by atoms with Crippen LogP contribution in [0.25, 0.3) is 10.2 Å². The fourth-order valence-electron chi connectivity index (χ4n) is 4.51. The van der Waals surface area contributed by atoms with Gasteiger partial charge in [0.1, 0.15) is 0 Å². The molecule has 166 valence electrons. The largest absolute Gasteiger partial charge is 0.325 e. The number of carbonyl (C=O) groups is 2. The second-order valence-corrected chi connectivity index (χ2v) is 9.96. The van der Waals surface area contributed by atoms with Gasteiger partial charge >= 0.3 is 0 Å². The summed E-state index contributed by atoms with van der Waals surface area (Å²) in [6.07, 6.45) is 3.47. The van der Waals surface area contributed by atoms with Gasteiger partial charge in [-0.1, -0.05) is 17.7 Å². The Morgan fingerprint density at radius 1 is 1.16 bits per heavy atom. The highest BCUT2D eigenvalue weighted by Gasteiger charge is 2.25. The van der Waals surface area contributed by atoms with Gasteiger partial charge in [0.05, 0.1) is 21.8 Å². The second-order valence-electron chi connectivity index (χ2n) is 8.46. The van der Waals surface area contributed by atoms with E-state index in [4.69, 9.17) is 16.6 Å². The molecule has 3 heterocycles. The summed E-state index contributed by atoms with van der Waals surface area (Å²) in [5.41, 5.74) is 2.55. The monoisotopic (exact) mass is 468 g/mol. The number of thiazole rings is 1. The average Bonchev–Trinajstić information content (AvgIpc) is 3.40. The van der Waals surface area contributed by atoms with Gasteiger partial charge in [-0.3, -0.25) is 14.5 Å². The van der Waals surface area contributed by atoms with E-state index in [1.807, 2.05) is 42.5 Å². The lowest BCUT2D eigenvalue weighted by atomic mass is 9.97. The first kappa shape index (κ1) is 21.4. The van der Waals surface area contributed by atoms with Gasteiger partial charge in [-0.05, 0) is 68.8 Å².